The number of hydrogen-bond donors (Lipinski definition) is 2. The molecular formula is C14H17BrO3. The van der Waals surface area contributed by atoms with Gasteiger partial charge in [-0.1, -0.05) is 15.9 Å². The molecule has 3 nitrogen and oxygen atoms in total. The average Bonchev–Trinajstić information content (AvgIpc) is 3.08. The predicted octanol–water partition coefficient (Wildman–Crippen LogP) is 3.74. The second-order valence-electron chi connectivity index (χ2n) is 5.10. The molecule has 0 heterocycles. The summed E-state index contributed by atoms with van der Waals surface area (Å²) in [4.78, 5) is 11.0. The van der Waals surface area contributed by atoms with E-state index in [-0.39, 0.29) is 18.1 Å². The van der Waals surface area contributed by atoms with Crippen molar-refractivity contribution in [1.29, 1.82) is 0 Å². The number of aromatic hydroxyl groups is 1. The molecule has 0 saturated heterocycles. The van der Waals surface area contributed by atoms with E-state index in [0.717, 1.165) is 34.0 Å². The molecule has 1 aliphatic carbocycles. The van der Waals surface area contributed by atoms with Crippen LogP contribution in [-0.4, -0.2) is 16.2 Å². The summed E-state index contributed by atoms with van der Waals surface area (Å²) in [6, 6.07) is 1.87. The molecule has 0 bridgehead atoms. The average molecular weight is 313 g/mol. The molecule has 0 aromatic heterocycles. The molecule has 18 heavy (non-hydrogen) atoms. The Balaban J connectivity index is 2.47. The summed E-state index contributed by atoms with van der Waals surface area (Å²) in [6.45, 7) is 3.71. The Labute approximate surface area is 115 Å². The van der Waals surface area contributed by atoms with Crippen LogP contribution >= 0.6 is 15.9 Å². The standard InChI is InChI=1S/C14H17BrO3/c1-7-5-11(15)13(8(2)14(7)18)10(6-12(16)17)9-3-4-9/h5,9-10,18H,3-4,6H2,1-2H3,(H,16,17). The molecule has 0 spiro atoms. The number of hydrogen-bond acceptors (Lipinski definition) is 2. The molecule has 0 amide bonds. The summed E-state index contributed by atoms with van der Waals surface area (Å²) in [5.74, 6) is -0.0518. The maximum atomic E-state index is 11.0. The van der Waals surface area contributed by atoms with Gasteiger partial charge in [0.2, 0.25) is 0 Å². The Hall–Kier alpha value is -1.03. The van der Waals surface area contributed by atoms with Gasteiger partial charge < -0.3 is 10.2 Å². The maximum absolute atomic E-state index is 11.0. The summed E-state index contributed by atoms with van der Waals surface area (Å²) < 4.78 is 0.911. The highest BCUT2D eigenvalue weighted by Crippen LogP contribution is 2.49. The van der Waals surface area contributed by atoms with Crippen LogP contribution in [0.1, 0.15) is 41.9 Å². The summed E-state index contributed by atoms with van der Waals surface area (Å²) in [7, 11) is 0. The highest BCUT2D eigenvalue weighted by atomic mass is 79.9. The van der Waals surface area contributed by atoms with Crippen molar-refractivity contribution in [2.75, 3.05) is 0 Å². The van der Waals surface area contributed by atoms with E-state index in [2.05, 4.69) is 15.9 Å². The van der Waals surface area contributed by atoms with Crippen molar-refractivity contribution in [2.24, 2.45) is 5.92 Å². The molecule has 1 aromatic carbocycles. The van der Waals surface area contributed by atoms with Crippen LogP contribution in [0.3, 0.4) is 0 Å². The molecule has 1 fully saturated rings. The van der Waals surface area contributed by atoms with Crippen LogP contribution in [0.5, 0.6) is 5.75 Å². The Morgan fingerprint density at radius 1 is 1.50 bits per heavy atom. The number of aryl methyl sites for hydroxylation is 1. The van der Waals surface area contributed by atoms with Gasteiger partial charge in [-0.05, 0) is 61.3 Å². The first kappa shape index (κ1) is 13.4. The molecule has 1 atom stereocenters. The van der Waals surface area contributed by atoms with E-state index in [1.807, 2.05) is 19.9 Å². The number of phenolic OH excluding ortho intramolecular Hbond substituents is 1. The van der Waals surface area contributed by atoms with Gasteiger partial charge in [0.15, 0.2) is 0 Å². The van der Waals surface area contributed by atoms with Crippen LogP contribution < -0.4 is 0 Å². The third-order valence-corrected chi connectivity index (χ3v) is 4.35. The fourth-order valence-corrected chi connectivity index (χ4v) is 3.52. The fraction of sp³-hybridized carbons (Fsp3) is 0.500. The number of carboxylic acids is 1. The van der Waals surface area contributed by atoms with E-state index in [9.17, 15) is 9.90 Å². The predicted molar refractivity (Wildman–Crippen MR) is 73.0 cm³/mol. The molecule has 4 heteroatoms. The van der Waals surface area contributed by atoms with Gasteiger partial charge in [-0.15, -0.1) is 0 Å². The molecule has 0 radical (unpaired) electrons. The molecule has 1 saturated carbocycles. The molecule has 1 aliphatic rings. The lowest BCUT2D eigenvalue weighted by atomic mass is 9.87. The zero-order chi connectivity index (χ0) is 13.4. The molecular weight excluding hydrogens is 296 g/mol. The van der Waals surface area contributed by atoms with Crippen molar-refractivity contribution in [3.63, 3.8) is 0 Å². The quantitative estimate of drug-likeness (QED) is 0.890. The molecule has 2 N–H and O–H groups in total. The normalized spacial score (nSPS) is 16.6. The minimum Gasteiger partial charge on any atom is -0.507 e. The van der Waals surface area contributed by atoms with Crippen LogP contribution in [0.2, 0.25) is 0 Å². The monoisotopic (exact) mass is 312 g/mol. The number of benzene rings is 1. The zero-order valence-corrected chi connectivity index (χ0v) is 12.1. The highest BCUT2D eigenvalue weighted by Gasteiger charge is 2.36. The SMILES string of the molecule is Cc1cc(Br)c(C(CC(=O)O)C2CC2)c(C)c1O. The van der Waals surface area contributed by atoms with Gasteiger partial charge >= 0.3 is 5.97 Å². The minimum atomic E-state index is -0.779. The number of aliphatic carboxylic acids is 1. The van der Waals surface area contributed by atoms with Crippen molar-refractivity contribution in [2.45, 2.75) is 39.0 Å². The Morgan fingerprint density at radius 3 is 2.61 bits per heavy atom. The summed E-state index contributed by atoms with van der Waals surface area (Å²) in [5, 5.41) is 19.1. The first-order valence-corrected chi connectivity index (χ1v) is 6.91. The van der Waals surface area contributed by atoms with Crippen molar-refractivity contribution in [3.8, 4) is 5.75 Å². The largest absolute Gasteiger partial charge is 0.507 e. The van der Waals surface area contributed by atoms with E-state index >= 15 is 0 Å². The van der Waals surface area contributed by atoms with Gasteiger partial charge in [0.25, 0.3) is 0 Å². The topological polar surface area (TPSA) is 57.5 Å². The summed E-state index contributed by atoms with van der Waals surface area (Å²) in [5.41, 5.74) is 2.58. The minimum absolute atomic E-state index is 0.00312. The second-order valence-corrected chi connectivity index (χ2v) is 5.96. The molecule has 2 rings (SSSR count). The van der Waals surface area contributed by atoms with Gasteiger partial charge in [-0.25, -0.2) is 0 Å². The van der Waals surface area contributed by atoms with Crippen LogP contribution in [0, 0.1) is 19.8 Å². The summed E-state index contributed by atoms with van der Waals surface area (Å²) >= 11 is 3.51. The van der Waals surface area contributed by atoms with Gasteiger partial charge in [0.1, 0.15) is 5.75 Å². The third-order valence-electron chi connectivity index (χ3n) is 3.69. The van der Waals surface area contributed by atoms with E-state index in [0.29, 0.717) is 5.92 Å². The van der Waals surface area contributed by atoms with Gasteiger partial charge in [-0.2, -0.15) is 0 Å². The molecule has 1 aromatic rings. The second kappa shape index (κ2) is 4.92. The Morgan fingerprint density at radius 2 is 2.11 bits per heavy atom. The molecule has 98 valence electrons. The lowest BCUT2D eigenvalue weighted by molar-refractivity contribution is -0.137. The van der Waals surface area contributed by atoms with Crippen LogP contribution in [0.4, 0.5) is 0 Å². The lowest BCUT2D eigenvalue weighted by Gasteiger charge is -2.21. The van der Waals surface area contributed by atoms with Crippen molar-refractivity contribution in [1.82, 2.24) is 0 Å². The van der Waals surface area contributed by atoms with Gasteiger partial charge in [0.05, 0.1) is 6.42 Å². The van der Waals surface area contributed by atoms with Crippen molar-refractivity contribution >= 4 is 21.9 Å². The van der Waals surface area contributed by atoms with Crippen molar-refractivity contribution in [3.05, 3.63) is 27.2 Å². The highest BCUT2D eigenvalue weighted by molar-refractivity contribution is 9.10. The van der Waals surface area contributed by atoms with E-state index in [1.54, 1.807) is 0 Å². The van der Waals surface area contributed by atoms with E-state index < -0.39 is 5.97 Å². The van der Waals surface area contributed by atoms with Gasteiger partial charge in [-0.3, -0.25) is 4.79 Å². The number of carboxylic acid groups (broad SMARTS) is 1. The number of carbonyl (C=O) groups is 1. The smallest absolute Gasteiger partial charge is 0.303 e. The van der Waals surface area contributed by atoms with Crippen LogP contribution in [0.15, 0.2) is 10.5 Å². The summed E-state index contributed by atoms with van der Waals surface area (Å²) in [6.07, 6.45) is 2.30. The third kappa shape index (κ3) is 2.53. The van der Waals surface area contributed by atoms with E-state index in [1.165, 1.54) is 0 Å². The lowest BCUT2D eigenvalue weighted by Crippen LogP contribution is -2.11. The van der Waals surface area contributed by atoms with Crippen LogP contribution in [-0.2, 0) is 4.79 Å². The van der Waals surface area contributed by atoms with Gasteiger partial charge in [0, 0.05) is 4.47 Å². The first-order valence-electron chi connectivity index (χ1n) is 6.12. The Bertz CT molecular complexity index is 492. The first-order chi connectivity index (χ1) is 8.41. The number of rotatable bonds is 4. The van der Waals surface area contributed by atoms with Crippen molar-refractivity contribution < 1.29 is 15.0 Å². The zero-order valence-electron chi connectivity index (χ0n) is 10.5. The Kier molecular flexibility index (Phi) is 3.66. The molecule has 0 aliphatic heterocycles. The van der Waals surface area contributed by atoms with E-state index in [4.69, 9.17) is 5.11 Å². The molecule has 1 unspecified atom stereocenters. The maximum Gasteiger partial charge on any atom is 0.303 e. The fourth-order valence-electron chi connectivity index (χ4n) is 2.58. The van der Waals surface area contributed by atoms with Crippen LogP contribution in [0.25, 0.3) is 0 Å². The number of phenols is 1. The number of halogens is 1.